The first-order valence-electron chi connectivity index (χ1n) is 6.42. The average molecular weight is 428 g/mol. The first kappa shape index (κ1) is 17.1. The van der Waals surface area contributed by atoms with Crippen LogP contribution in [0.2, 0.25) is 0 Å². The van der Waals surface area contributed by atoms with Gasteiger partial charge in [-0.05, 0) is 24.6 Å². The summed E-state index contributed by atoms with van der Waals surface area (Å²) in [5.74, 6) is 0. The number of benzene rings is 1. The SMILES string of the molecule is Cc1ccc(Cn2cc(-c3ccccn3)nn2)cc1.[Cl][Pd][Cl]. The van der Waals surface area contributed by atoms with E-state index in [0.29, 0.717) is 0 Å². The van der Waals surface area contributed by atoms with Gasteiger partial charge in [0.15, 0.2) is 0 Å². The van der Waals surface area contributed by atoms with Gasteiger partial charge in [0.05, 0.1) is 18.4 Å². The molecule has 1 aromatic carbocycles. The van der Waals surface area contributed by atoms with Crippen LogP contribution in [0.4, 0.5) is 0 Å². The number of halogens is 2. The summed E-state index contributed by atoms with van der Waals surface area (Å²) in [5, 5.41) is 8.29. The molecule has 0 aliphatic heterocycles. The van der Waals surface area contributed by atoms with Gasteiger partial charge < -0.3 is 0 Å². The number of rotatable bonds is 3. The monoisotopic (exact) mass is 426 g/mol. The molecule has 2 aromatic heterocycles. The van der Waals surface area contributed by atoms with Crippen LogP contribution < -0.4 is 0 Å². The fraction of sp³-hybridized carbons (Fsp3) is 0.133. The number of aromatic nitrogens is 4. The van der Waals surface area contributed by atoms with Crippen molar-refractivity contribution in [3.8, 4) is 11.4 Å². The number of pyridine rings is 1. The van der Waals surface area contributed by atoms with E-state index in [4.69, 9.17) is 19.1 Å². The average Bonchev–Trinajstić information content (AvgIpc) is 3.00. The molecule has 0 fully saturated rings. The zero-order chi connectivity index (χ0) is 15.8. The summed E-state index contributed by atoms with van der Waals surface area (Å²) in [7, 11) is 9.63. The Labute approximate surface area is 145 Å². The normalized spacial score (nSPS) is 10.1. The molecule has 0 aliphatic rings. The molecule has 0 aliphatic carbocycles. The second-order valence-corrected chi connectivity index (χ2v) is 6.91. The Kier molecular flexibility index (Phi) is 7.01. The molecule has 0 atom stereocenters. The minimum absolute atomic E-state index is 0.106. The van der Waals surface area contributed by atoms with Crippen molar-refractivity contribution in [3.63, 3.8) is 0 Å². The topological polar surface area (TPSA) is 43.6 Å². The van der Waals surface area contributed by atoms with Crippen LogP contribution in [0.5, 0.6) is 0 Å². The van der Waals surface area contributed by atoms with E-state index in [1.165, 1.54) is 11.1 Å². The van der Waals surface area contributed by atoms with Gasteiger partial charge in [-0.3, -0.25) is 4.98 Å². The maximum absolute atomic E-state index is 4.81. The van der Waals surface area contributed by atoms with E-state index >= 15 is 0 Å². The van der Waals surface area contributed by atoms with Gasteiger partial charge in [-0.2, -0.15) is 0 Å². The summed E-state index contributed by atoms with van der Waals surface area (Å²) in [6.45, 7) is 2.80. The summed E-state index contributed by atoms with van der Waals surface area (Å²) < 4.78 is 1.83. The van der Waals surface area contributed by atoms with Gasteiger partial charge in [-0.25, -0.2) is 4.68 Å². The molecule has 3 aromatic rings. The molecular formula is C15H14Cl2N4Pd. The van der Waals surface area contributed by atoms with Gasteiger partial charge in [0.1, 0.15) is 5.69 Å². The third kappa shape index (κ3) is 5.19. The molecular weight excluding hydrogens is 414 g/mol. The van der Waals surface area contributed by atoms with Crippen LogP contribution in [-0.2, 0) is 22.5 Å². The first-order valence-corrected chi connectivity index (χ1v) is 10.4. The Morgan fingerprint density at radius 2 is 1.77 bits per heavy atom. The third-order valence-electron chi connectivity index (χ3n) is 2.93. The number of nitrogens with zero attached hydrogens (tertiary/aromatic N) is 4. The van der Waals surface area contributed by atoms with Gasteiger partial charge >= 0.3 is 35.0 Å². The number of hydrogen-bond donors (Lipinski definition) is 0. The van der Waals surface area contributed by atoms with Gasteiger partial charge in [0.2, 0.25) is 0 Å². The Hall–Kier alpha value is -1.25. The number of hydrogen-bond acceptors (Lipinski definition) is 3. The van der Waals surface area contributed by atoms with E-state index in [2.05, 4.69) is 46.5 Å². The van der Waals surface area contributed by atoms with Crippen molar-refractivity contribution in [2.75, 3.05) is 0 Å². The second kappa shape index (κ2) is 9.02. The predicted octanol–water partition coefficient (Wildman–Crippen LogP) is 4.07. The number of aryl methyl sites for hydroxylation is 1. The fourth-order valence-corrected chi connectivity index (χ4v) is 1.89. The van der Waals surface area contributed by atoms with Crippen LogP contribution in [0, 0.1) is 6.92 Å². The second-order valence-electron chi connectivity index (χ2n) is 4.55. The van der Waals surface area contributed by atoms with Gasteiger partial charge in [-0.1, -0.05) is 41.1 Å². The minimum atomic E-state index is -0.106. The molecule has 22 heavy (non-hydrogen) atoms. The molecule has 0 unspecified atom stereocenters. The van der Waals surface area contributed by atoms with Crippen molar-refractivity contribution in [1.29, 1.82) is 0 Å². The van der Waals surface area contributed by atoms with E-state index < -0.39 is 0 Å². The first-order chi connectivity index (χ1) is 10.7. The van der Waals surface area contributed by atoms with Crippen molar-refractivity contribution in [3.05, 3.63) is 66.0 Å². The van der Waals surface area contributed by atoms with Gasteiger partial charge in [0, 0.05) is 6.20 Å². The molecule has 7 heteroatoms. The van der Waals surface area contributed by atoms with Crippen LogP contribution in [0.15, 0.2) is 54.9 Å². The molecule has 0 N–H and O–H groups in total. The van der Waals surface area contributed by atoms with Crippen molar-refractivity contribution in [1.82, 2.24) is 20.0 Å². The van der Waals surface area contributed by atoms with Crippen molar-refractivity contribution >= 4 is 19.1 Å². The van der Waals surface area contributed by atoms with E-state index in [-0.39, 0.29) is 15.9 Å². The van der Waals surface area contributed by atoms with Crippen molar-refractivity contribution < 1.29 is 15.9 Å². The summed E-state index contributed by atoms with van der Waals surface area (Å²) >= 11 is -0.106. The molecule has 118 valence electrons. The summed E-state index contributed by atoms with van der Waals surface area (Å²) in [6, 6.07) is 14.2. The maximum atomic E-state index is 4.81. The summed E-state index contributed by atoms with van der Waals surface area (Å²) in [4.78, 5) is 4.27. The molecule has 2 heterocycles. The molecule has 3 rings (SSSR count). The molecule has 0 amide bonds. The van der Waals surface area contributed by atoms with Crippen LogP contribution in [0.1, 0.15) is 11.1 Å². The Morgan fingerprint density at radius 1 is 1.05 bits per heavy atom. The van der Waals surface area contributed by atoms with E-state index in [0.717, 1.165) is 17.9 Å². The molecule has 0 saturated carbocycles. The summed E-state index contributed by atoms with van der Waals surface area (Å²) in [5.41, 5.74) is 4.12. The van der Waals surface area contributed by atoms with Crippen LogP contribution in [0.3, 0.4) is 0 Å². The van der Waals surface area contributed by atoms with Gasteiger partial charge in [-0.15, -0.1) is 5.10 Å². The zero-order valence-corrected chi connectivity index (χ0v) is 14.8. The molecule has 4 nitrogen and oxygen atoms in total. The van der Waals surface area contributed by atoms with E-state index in [1.807, 2.05) is 29.1 Å². The Bertz CT molecular complexity index is 686. The standard InChI is InChI=1S/C15H14N4.2ClH.Pd/c1-12-5-7-13(8-6-12)10-19-11-15(17-18-19)14-4-2-3-9-16-14;;;/h2-9,11H,10H2,1H3;2*1H;/q;;;+2/p-2. The van der Waals surface area contributed by atoms with Gasteiger partial charge in [0.25, 0.3) is 0 Å². The zero-order valence-electron chi connectivity index (χ0n) is 11.8. The molecule has 0 saturated heterocycles. The molecule has 0 bridgehead atoms. The Balaban J connectivity index is 0.000000545. The summed E-state index contributed by atoms with van der Waals surface area (Å²) in [6.07, 6.45) is 3.68. The van der Waals surface area contributed by atoms with Crippen molar-refractivity contribution in [2.45, 2.75) is 13.5 Å². The van der Waals surface area contributed by atoms with Crippen molar-refractivity contribution in [2.24, 2.45) is 0 Å². The fourth-order valence-electron chi connectivity index (χ4n) is 1.89. The molecule has 0 radical (unpaired) electrons. The van der Waals surface area contributed by atoms with Crippen LogP contribution >= 0.6 is 19.1 Å². The van der Waals surface area contributed by atoms with Crippen LogP contribution in [0.25, 0.3) is 11.4 Å². The Morgan fingerprint density at radius 3 is 2.41 bits per heavy atom. The predicted molar refractivity (Wildman–Crippen MR) is 85.2 cm³/mol. The van der Waals surface area contributed by atoms with Crippen LogP contribution in [-0.4, -0.2) is 20.0 Å². The quantitative estimate of drug-likeness (QED) is 0.592. The van der Waals surface area contributed by atoms with E-state index in [1.54, 1.807) is 6.20 Å². The third-order valence-corrected chi connectivity index (χ3v) is 2.93. The van der Waals surface area contributed by atoms with E-state index in [9.17, 15) is 0 Å². The molecule has 0 spiro atoms.